The number of carbonyl (C=O) groups is 1. The molecule has 0 atom stereocenters. The van der Waals surface area contributed by atoms with Gasteiger partial charge in [0.15, 0.2) is 5.96 Å². The lowest BCUT2D eigenvalue weighted by Gasteiger charge is -2.48. The summed E-state index contributed by atoms with van der Waals surface area (Å²) in [7, 11) is 3.67. The Labute approximate surface area is 202 Å². The number of piperazine rings is 1. The van der Waals surface area contributed by atoms with Crippen LogP contribution in [0.4, 0.5) is 5.69 Å². The number of rotatable bonds is 4. The Hall–Kier alpha value is -1.40. The Morgan fingerprint density at radius 2 is 1.94 bits per heavy atom. The van der Waals surface area contributed by atoms with Crippen LogP contribution < -0.4 is 10.2 Å². The Kier molecular flexibility index (Phi) is 8.57. The van der Waals surface area contributed by atoms with E-state index in [1.54, 1.807) is 10.9 Å². The normalized spacial score (nSPS) is 22.9. The van der Waals surface area contributed by atoms with Gasteiger partial charge in [0.25, 0.3) is 0 Å². The van der Waals surface area contributed by atoms with E-state index < -0.39 is 0 Å². The maximum atomic E-state index is 12.8. The molecular weight excluding hydrogens is 509 g/mol. The highest BCUT2D eigenvalue weighted by Crippen LogP contribution is 2.34. The van der Waals surface area contributed by atoms with Crippen LogP contribution in [-0.4, -0.2) is 96.5 Å². The molecular formula is C21H36IN7O2. The zero-order valence-electron chi connectivity index (χ0n) is 18.8. The maximum absolute atomic E-state index is 12.8. The van der Waals surface area contributed by atoms with Crippen LogP contribution in [0.5, 0.6) is 0 Å². The van der Waals surface area contributed by atoms with E-state index in [1.807, 2.05) is 25.2 Å². The smallest absolute Gasteiger partial charge is 0.246 e. The van der Waals surface area contributed by atoms with Crippen molar-refractivity contribution in [1.29, 1.82) is 0 Å². The Bertz CT molecular complexity index is 757. The number of guanidine groups is 1. The molecule has 3 aliphatic rings. The molecule has 1 amide bonds. The van der Waals surface area contributed by atoms with Gasteiger partial charge in [-0.15, -0.1) is 24.0 Å². The molecule has 1 aromatic heterocycles. The van der Waals surface area contributed by atoms with E-state index in [2.05, 4.69) is 25.2 Å². The molecule has 2 saturated heterocycles. The first-order valence-electron chi connectivity index (χ1n) is 11.2. The van der Waals surface area contributed by atoms with Gasteiger partial charge in [0.1, 0.15) is 6.54 Å². The fourth-order valence-corrected chi connectivity index (χ4v) is 5.10. The summed E-state index contributed by atoms with van der Waals surface area (Å²) in [4.78, 5) is 23.8. The van der Waals surface area contributed by atoms with Gasteiger partial charge in [-0.2, -0.15) is 5.10 Å². The number of nitrogens with one attached hydrogen (secondary N) is 1. The van der Waals surface area contributed by atoms with Crippen LogP contribution in [0.3, 0.4) is 0 Å². The van der Waals surface area contributed by atoms with Crippen molar-refractivity contribution in [3.8, 4) is 0 Å². The largest absolute Gasteiger partial charge is 0.379 e. The van der Waals surface area contributed by atoms with Gasteiger partial charge in [-0.25, -0.2) is 0 Å². The van der Waals surface area contributed by atoms with Crippen molar-refractivity contribution in [2.75, 3.05) is 64.4 Å². The van der Waals surface area contributed by atoms with Gasteiger partial charge >= 0.3 is 0 Å². The molecule has 1 aliphatic carbocycles. The van der Waals surface area contributed by atoms with Crippen LogP contribution in [-0.2, 0) is 16.6 Å². The van der Waals surface area contributed by atoms with Gasteiger partial charge in [0.05, 0.1) is 25.1 Å². The number of nitrogens with zero attached hydrogens (tertiary/aromatic N) is 6. The second-order valence-corrected chi connectivity index (χ2v) is 8.62. The molecule has 10 heteroatoms. The average molecular weight is 545 g/mol. The quantitative estimate of drug-likeness (QED) is 0.349. The minimum atomic E-state index is 0. The predicted octanol–water partition coefficient (Wildman–Crippen LogP) is 1.30. The van der Waals surface area contributed by atoms with Crippen molar-refractivity contribution in [2.24, 2.45) is 12.0 Å². The summed E-state index contributed by atoms with van der Waals surface area (Å²) in [6.45, 7) is 6.24. The molecule has 3 fully saturated rings. The fourth-order valence-electron chi connectivity index (χ4n) is 5.10. The zero-order valence-corrected chi connectivity index (χ0v) is 21.1. The number of morpholine rings is 1. The monoisotopic (exact) mass is 545 g/mol. The Balaban J connectivity index is 0.00000272. The maximum Gasteiger partial charge on any atom is 0.246 e. The Morgan fingerprint density at radius 1 is 1.19 bits per heavy atom. The van der Waals surface area contributed by atoms with E-state index in [9.17, 15) is 4.79 Å². The summed E-state index contributed by atoms with van der Waals surface area (Å²) in [6, 6.07) is 0. The number of anilines is 1. The number of halogens is 1. The molecule has 3 heterocycles. The first kappa shape index (κ1) is 24.2. The molecule has 31 heavy (non-hydrogen) atoms. The lowest BCUT2D eigenvalue weighted by molar-refractivity contribution is -0.120. The van der Waals surface area contributed by atoms with E-state index in [0.717, 1.165) is 51.0 Å². The highest BCUT2D eigenvalue weighted by molar-refractivity contribution is 14.0. The number of hydrogen-bond donors (Lipinski definition) is 1. The van der Waals surface area contributed by atoms with E-state index in [0.29, 0.717) is 13.1 Å². The minimum Gasteiger partial charge on any atom is -0.379 e. The van der Waals surface area contributed by atoms with Crippen molar-refractivity contribution in [2.45, 2.75) is 37.6 Å². The van der Waals surface area contributed by atoms with Gasteiger partial charge in [-0.1, -0.05) is 19.3 Å². The standard InChI is InChI=1S/C21H35N7O2.HI/c1-22-20(26-8-9-28(19(29)16-26)18-14-24-25(2)15-18)23-17-21(6-4-3-5-7-21)27-10-12-30-13-11-27;/h14-15H,3-13,16-17H2,1-2H3,(H,22,23);1H. The lowest BCUT2D eigenvalue weighted by atomic mass is 9.79. The summed E-state index contributed by atoms with van der Waals surface area (Å²) in [5, 5.41) is 7.82. The molecule has 0 aromatic carbocycles. The van der Waals surface area contributed by atoms with Crippen LogP contribution in [0.25, 0.3) is 0 Å². The fraction of sp³-hybridized carbons (Fsp3) is 0.762. The molecule has 0 radical (unpaired) electrons. The van der Waals surface area contributed by atoms with Crippen LogP contribution in [0.15, 0.2) is 17.4 Å². The van der Waals surface area contributed by atoms with Crippen LogP contribution in [0, 0.1) is 0 Å². The van der Waals surface area contributed by atoms with Crippen molar-refractivity contribution in [3.05, 3.63) is 12.4 Å². The topological polar surface area (TPSA) is 78.2 Å². The SMILES string of the molecule is CN=C(NCC1(N2CCOCC2)CCCCC1)N1CCN(c2cnn(C)c2)C(=O)C1.I. The third kappa shape index (κ3) is 5.51. The number of aliphatic imine (C=N–C) groups is 1. The molecule has 0 bridgehead atoms. The summed E-state index contributed by atoms with van der Waals surface area (Å²) >= 11 is 0. The summed E-state index contributed by atoms with van der Waals surface area (Å²) in [6.07, 6.45) is 9.94. The van der Waals surface area contributed by atoms with E-state index in [-0.39, 0.29) is 35.4 Å². The van der Waals surface area contributed by atoms with Crippen molar-refractivity contribution in [3.63, 3.8) is 0 Å². The number of aryl methyl sites for hydroxylation is 1. The van der Waals surface area contributed by atoms with Crippen LogP contribution in [0.2, 0.25) is 0 Å². The second kappa shape index (κ2) is 11.0. The van der Waals surface area contributed by atoms with E-state index in [1.165, 1.54) is 32.1 Å². The summed E-state index contributed by atoms with van der Waals surface area (Å²) in [5.41, 5.74) is 1.03. The number of carbonyl (C=O) groups excluding carboxylic acids is 1. The van der Waals surface area contributed by atoms with Gasteiger partial charge < -0.3 is 19.9 Å². The number of ether oxygens (including phenoxy) is 1. The number of aromatic nitrogens is 2. The first-order chi connectivity index (χ1) is 14.6. The average Bonchev–Trinajstić information content (AvgIpc) is 3.21. The molecule has 0 unspecified atom stereocenters. The lowest BCUT2D eigenvalue weighted by Crippen LogP contribution is -2.62. The third-order valence-corrected chi connectivity index (χ3v) is 6.78. The summed E-state index contributed by atoms with van der Waals surface area (Å²) < 4.78 is 7.32. The molecule has 1 aromatic rings. The number of amides is 1. The Morgan fingerprint density at radius 3 is 2.55 bits per heavy atom. The van der Waals surface area contributed by atoms with Gasteiger partial charge in [-0.05, 0) is 12.8 Å². The molecule has 2 aliphatic heterocycles. The van der Waals surface area contributed by atoms with Gasteiger partial charge in [-0.3, -0.25) is 19.4 Å². The molecule has 4 rings (SSSR count). The van der Waals surface area contributed by atoms with Crippen molar-refractivity contribution >= 4 is 41.5 Å². The third-order valence-electron chi connectivity index (χ3n) is 6.78. The first-order valence-corrected chi connectivity index (χ1v) is 11.2. The highest BCUT2D eigenvalue weighted by Gasteiger charge is 2.39. The molecule has 1 saturated carbocycles. The van der Waals surface area contributed by atoms with Crippen molar-refractivity contribution < 1.29 is 9.53 Å². The number of hydrogen-bond acceptors (Lipinski definition) is 5. The molecule has 9 nitrogen and oxygen atoms in total. The summed E-state index contributed by atoms with van der Waals surface area (Å²) in [5.74, 6) is 0.908. The van der Waals surface area contributed by atoms with Crippen LogP contribution >= 0.6 is 24.0 Å². The van der Waals surface area contributed by atoms with Crippen LogP contribution in [0.1, 0.15) is 32.1 Å². The minimum absolute atomic E-state index is 0. The molecule has 0 spiro atoms. The zero-order chi connectivity index (χ0) is 21.0. The van der Waals surface area contributed by atoms with E-state index >= 15 is 0 Å². The predicted molar refractivity (Wildman–Crippen MR) is 132 cm³/mol. The molecule has 174 valence electrons. The van der Waals surface area contributed by atoms with Gasteiger partial charge in [0, 0.05) is 58.6 Å². The molecule has 1 N–H and O–H groups in total. The second-order valence-electron chi connectivity index (χ2n) is 8.62. The highest BCUT2D eigenvalue weighted by atomic mass is 127. The van der Waals surface area contributed by atoms with Gasteiger partial charge in [0.2, 0.25) is 5.91 Å². The van der Waals surface area contributed by atoms with E-state index in [4.69, 9.17) is 4.74 Å². The van der Waals surface area contributed by atoms with Crippen molar-refractivity contribution in [1.82, 2.24) is 24.9 Å².